The lowest BCUT2D eigenvalue weighted by Crippen LogP contribution is -1.89. The van der Waals surface area contributed by atoms with E-state index in [1.807, 2.05) is 24.3 Å². The van der Waals surface area contributed by atoms with Gasteiger partial charge in [-0.3, -0.25) is 4.79 Å². The van der Waals surface area contributed by atoms with Crippen molar-refractivity contribution in [2.45, 2.75) is 26.2 Å². The summed E-state index contributed by atoms with van der Waals surface area (Å²) in [5.74, 6) is 0.595. The summed E-state index contributed by atoms with van der Waals surface area (Å²) in [6.07, 6.45) is 4.56. The third-order valence-corrected chi connectivity index (χ3v) is 2.16. The number of allylic oxidation sites excluding steroid dienone is 2. The van der Waals surface area contributed by atoms with Gasteiger partial charge in [0.1, 0.15) is 5.78 Å². The molecular weight excluding hydrogens is 172 g/mol. The number of carbonyl (C=O) groups excluding carboxylic acids is 1. The smallest absolute Gasteiger partial charge is 0.133 e. The Hall–Kier alpha value is -1.37. The molecule has 0 radical (unpaired) electrons. The maximum atomic E-state index is 10.7. The highest BCUT2D eigenvalue weighted by Crippen LogP contribution is 2.15. The minimum Gasteiger partial charge on any atom is -0.300 e. The summed E-state index contributed by atoms with van der Waals surface area (Å²) in [7, 11) is 0. The van der Waals surface area contributed by atoms with Crippen LogP contribution >= 0.6 is 0 Å². The van der Waals surface area contributed by atoms with Crippen LogP contribution in [0.3, 0.4) is 0 Å². The highest BCUT2D eigenvalue weighted by Gasteiger charge is 1.98. The molecule has 14 heavy (non-hydrogen) atoms. The van der Waals surface area contributed by atoms with E-state index >= 15 is 0 Å². The van der Waals surface area contributed by atoms with Crippen molar-refractivity contribution >= 4 is 5.78 Å². The maximum Gasteiger partial charge on any atom is 0.133 e. The summed E-state index contributed by atoms with van der Waals surface area (Å²) < 4.78 is 0. The van der Waals surface area contributed by atoms with Gasteiger partial charge in [0.25, 0.3) is 0 Å². The number of benzene rings is 1. The molecule has 0 aromatic heterocycles. The third kappa shape index (κ3) is 3.56. The van der Waals surface area contributed by atoms with Gasteiger partial charge in [0, 0.05) is 6.42 Å². The molecule has 74 valence electrons. The average molecular weight is 188 g/mol. The molecule has 0 heterocycles. The zero-order chi connectivity index (χ0) is 10.4. The lowest BCUT2D eigenvalue weighted by atomic mass is 10.0. The van der Waals surface area contributed by atoms with Gasteiger partial charge in [-0.05, 0) is 18.4 Å². The third-order valence-electron chi connectivity index (χ3n) is 2.16. The molecular formula is C13H16O. The zero-order valence-corrected chi connectivity index (χ0v) is 8.73. The van der Waals surface area contributed by atoms with Crippen LogP contribution in [0.15, 0.2) is 42.5 Å². The van der Waals surface area contributed by atoms with E-state index in [0.717, 1.165) is 0 Å². The van der Waals surface area contributed by atoms with Crippen LogP contribution in [-0.4, -0.2) is 5.78 Å². The van der Waals surface area contributed by atoms with Gasteiger partial charge in [-0.15, -0.1) is 0 Å². The van der Waals surface area contributed by atoms with E-state index < -0.39 is 0 Å². The Morgan fingerprint density at radius 3 is 2.57 bits per heavy atom. The Morgan fingerprint density at radius 1 is 1.36 bits per heavy atom. The van der Waals surface area contributed by atoms with Crippen molar-refractivity contribution in [1.29, 1.82) is 0 Å². The SMILES string of the molecule is CC(=O)C/C=C/[C@@H](C)c1ccccc1. The molecule has 0 spiro atoms. The molecule has 1 nitrogen and oxygen atoms in total. The highest BCUT2D eigenvalue weighted by atomic mass is 16.1. The molecule has 0 fully saturated rings. The van der Waals surface area contributed by atoms with E-state index in [-0.39, 0.29) is 5.78 Å². The monoisotopic (exact) mass is 188 g/mol. The summed E-state index contributed by atoms with van der Waals surface area (Å²) in [5.41, 5.74) is 1.28. The van der Waals surface area contributed by atoms with Crippen LogP contribution in [0.4, 0.5) is 0 Å². The van der Waals surface area contributed by atoms with E-state index in [0.29, 0.717) is 12.3 Å². The summed E-state index contributed by atoms with van der Waals surface area (Å²) in [6.45, 7) is 3.74. The summed E-state index contributed by atoms with van der Waals surface area (Å²) in [6, 6.07) is 10.3. The second kappa shape index (κ2) is 5.38. The van der Waals surface area contributed by atoms with Crippen LogP contribution in [0.25, 0.3) is 0 Å². The van der Waals surface area contributed by atoms with E-state index in [1.165, 1.54) is 5.56 Å². The van der Waals surface area contributed by atoms with E-state index in [1.54, 1.807) is 6.92 Å². The molecule has 1 aromatic carbocycles. The molecule has 1 aromatic rings. The second-order valence-corrected chi connectivity index (χ2v) is 3.53. The van der Waals surface area contributed by atoms with Gasteiger partial charge in [0.2, 0.25) is 0 Å². The van der Waals surface area contributed by atoms with Gasteiger partial charge in [-0.1, -0.05) is 49.4 Å². The van der Waals surface area contributed by atoms with Crippen LogP contribution in [0.5, 0.6) is 0 Å². The Bertz CT molecular complexity index is 311. The van der Waals surface area contributed by atoms with Crippen molar-refractivity contribution in [1.82, 2.24) is 0 Å². The second-order valence-electron chi connectivity index (χ2n) is 3.53. The Kier molecular flexibility index (Phi) is 4.11. The molecule has 0 saturated heterocycles. The Labute approximate surface area is 85.5 Å². The normalized spacial score (nSPS) is 13.0. The fourth-order valence-electron chi connectivity index (χ4n) is 1.31. The van der Waals surface area contributed by atoms with E-state index in [9.17, 15) is 4.79 Å². The first-order valence-corrected chi connectivity index (χ1v) is 4.91. The predicted octanol–water partition coefficient (Wildman–Crippen LogP) is 3.33. The average Bonchev–Trinajstić information content (AvgIpc) is 2.18. The van der Waals surface area contributed by atoms with E-state index in [2.05, 4.69) is 25.1 Å². The number of rotatable bonds is 4. The standard InChI is InChI=1S/C13H16O/c1-11(7-6-8-12(2)14)13-9-4-3-5-10-13/h3-7,9-11H,8H2,1-2H3/b7-6+/t11-/m1/s1. The first-order valence-electron chi connectivity index (χ1n) is 4.91. The predicted molar refractivity (Wildman–Crippen MR) is 59.3 cm³/mol. The van der Waals surface area contributed by atoms with Crippen molar-refractivity contribution in [3.63, 3.8) is 0 Å². The van der Waals surface area contributed by atoms with Crippen LogP contribution < -0.4 is 0 Å². The van der Waals surface area contributed by atoms with Gasteiger partial charge in [-0.2, -0.15) is 0 Å². The van der Waals surface area contributed by atoms with Crippen molar-refractivity contribution < 1.29 is 4.79 Å². The molecule has 1 rings (SSSR count). The highest BCUT2D eigenvalue weighted by molar-refractivity contribution is 5.76. The molecule has 0 saturated carbocycles. The zero-order valence-electron chi connectivity index (χ0n) is 8.73. The van der Waals surface area contributed by atoms with Gasteiger partial charge in [-0.25, -0.2) is 0 Å². The number of hydrogen-bond donors (Lipinski definition) is 0. The van der Waals surface area contributed by atoms with Gasteiger partial charge >= 0.3 is 0 Å². The Balaban J connectivity index is 2.54. The minimum absolute atomic E-state index is 0.210. The van der Waals surface area contributed by atoms with Gasteiger partial charge < -0.3 is 0 Å². The molecule has 0 amide bonds. The van der Waals surface area contributed by atoms with Crippen molar-refractivity contribution in [3.8, 4) is 0 Å². The first kappa shape index (κ1) is 10.7. The lowest BCUT2D eigenvalue weighted by molar-refractivity contribution is -0.116. The summed E-state index contributed by atoms with van der Waals surface area (Å²) in [5, 5.41) is 0. The van der Waals surface area contributed by atoms with Crippen molar-refractivity contribution in [2.24, 2.45) is 0 Å². The van der Waals surface area contributed by atoms with Crippen molar-refractivity contribution in [3.05, 3.63) is 48.0 Å². The largest absolute Gasteiger partial charge is 0.300 e. The molecule has 0 aliphatic rings. The quantitative estimate of drug-likeness (QED) is 0.662. The molecule has 0 unspecified atom stereocenters. The number of Topliss-reactive ketones (excluding diaryl/α,β-unsaturated/α-hetero) is 1. The van der Waals surface area contributed by atoms with E-state index in [4.69, 9.17) is 0 Å². The van der Waals surface area contributed by atoms with Crippen LogP contribution in [0, 0.1) is 0 Å². The topological polar surface area (TPSA) is 17.1 Å². The maximum absolute atomic E-state index is 10.7. The van der Waals surface area contributed by atoms with Gasteiger partial charge in [0.05, 0.1) is 0 Å². The minimum atomic E-state index is 0.210. The molecule has 0 aliphatic heterocycles. The number of hydrogen-bond acceptors (Lipinski definition) is 1. The van der Waals surface area contributed by atoms with Crippen LogP contribution in [0.2, 0.25) is 0 Å². The summed E-state index contributed by atoms with van der Waals surface area (Å²) in [4.78, 5) is 10.7. The molecule has 1 atom stereocenters. The van der Waals surface area contributed by atoms with Crippen LogP contribution in [-0.2, 0) is 4.79 Å². The molecule has 0 bridgehead atoms. The fourth-order valence-corrected chi connectivity index (χ4v) is 1.31. The molecule has 0 N–H and O–H groups in total. The lowest BCUT2D eigenvalue weighted by Gasteiger charge is -2.05. The first-order chi connectivity index (χ1) is 6.70. The van der Waals surface area contributed by atoms with Crippen LogP contribution in [0.1, 0.15) is 31.7 Å². The fraction of sp³-hybridized carbons (Fsp3) is 0.308. The summed E-state index contributed by atoms with van der Waals surface area (Å²) >= 11 is 0. The number of carbonyl (C=O) groups is 1. The van der Waals surface area contributed by atoms with Crippen molar-refractivity contribution in [2.75, 3.05) is 0 Å². The number of ketones is 1. The molecule has 0 aliphatic carbocycles. The molecule has 1 heteroatoms. The van der Waals surface area contributed by atoms with Gasteiger partial charge in [0.15, 0.2) is 0 Å². The Morgan fingerprint density at radius 2 is 2.00 bits per heavy atom.